The summed E-state index contributed by atoms with van der Waals surface area (Å²) in [6.07, 6.45) is -4.23. The van der Waals surface area contributed by atoms with Crippen molar-refractivity contribution in [3.8, 4) is 0 Å². The van der Waals surface area contributed by atoms with Crippen molar-refractivity contribution in [2.75, 3.05) is 7.11 Å². The van der Waals surface area contributed by atoms with Gasteiger partial charge in [-0.15, -0.1) is 0 Å². The van der Waals surface area contributed by atoms with E-state index in [0.717, 1.165) is 6.07 Å². The van der Waals surface area contributed by atoms with Crippen molar-refractivity contribution in [1.29, 1.82) is 0 Å². The maximum Gasteiger partial charge on any atom is 0.417 e. The van der Waals surface area contributed by atoms with Crippen molar-refractivity contribution in [2.24, 2.45) is 0 Å². The molecule has 0 unspecified atom stereocenters. The lowest BCUT2D eigenvalue weighted by atomic mass is 10.0. The van der Waals surface area contributed by atoms with E-state index in [4.69, 9.17) is 0 Å². The summed E-state index contributed by atoms with van der Waals surface area (Å²) in [4.78, 5) is 22.6. The third-order valence-corrected chi connectivity index (χ3v) is 3.30. The van der Waals surface area contributed by atoms with Gasteiger partial charge in [0.15, 0.2) is 5.78 Å². The largest absolute Gasteiger partial charge is 0.469 e. The molecule has 0 amide bonds. The molecule has 0 heterocycles. The Balaban J connectivity index is 2.77. The monoisotopic (exact) mass is 352 g/mol. The van der Waals surface area contributed by atoms with Crippen LogP contribution in [0.15, 0.2) is 22.7 Å². The lowest BCUT2D eigenvalue weighted by Crippen LogP contribution is -2.09. The van der Waals surface area contributed by atoms with Gasteiger partial charge in [0.05, 0.1) is 12.7 Å². The molecule has 110 valence electrons. The maximum atomic E-state index is 12.7. The molecule has 1 rings (SSSR count). The lowest BCUT2D eigenvalue weighted by molar-refractivity contribution is -0.140. The van der Waals surface area contributed by atoms with Crippen molar-refractivity contribution in [1.82, 2.24) is 0 Å². The minimum atomic E-state index is -4.53. The summed E-state index contributed by atoms with van der Waals surface area (Å²) in [5, 5.41) is 0. The van der Waals surface area contributed by atoms with E-state index in [1.165, 1.54) is 19.2 Å². The Kier molecular flexibility index (Phi) is 5.74. The summed E-state index contributed by atoms with van der Waals surface area (Å²) < 4.78 is 42.4. The van der Waals surface area contributed by atoms with Gasteiger partial charge in [0.25, 0.3) is 0 Å². The minimum absolute atomic E-state index is 0.00592. The number of ether oxygens (including phenoxy) is 1. The first-order chi connectivity index (χ1) is 9.25. The van der Waals surface area contributed by atoms with Gasteiger partial charge in [-0.1, -0.05) is 22.0 Å². The molecule has 0 N–H and O–H groups in total. The quantitative estimate of drug-likeness (QED) is 0.594. The Hall–Kier alpha value is -1.37. The fourth-order valence-corrected chi connectivity index (χ4v) is 2.03. The first kappa shape index (κ1) is 16.7. The number of ketones is 1. The van der Waals surface area contributed by atoms with Crippen molar-refractivity contribution >= 4 is 27.7 Å². The number of methoxy groups -OCH3 is 1. The van der Waals surface area contributed by atoms with E-state index in [1.807, 2.05) is 0 Å². The van der Waals surface area contributed by atoms with Crippen LogP contribution in [0.2, 0.25) is 0 Å². The lowest BCUT2D eigenvalue weighted by Gasteiger charge is -2.10. The molecule has 0 saturated carbocycles. The number of hydrogen-bond acceptors (Lipinski definition) is 3. The number of alkyl halides is 3. The van der Waals surface area contributed by atoms with Crippen molar-refractivity contribution in [3.05, 3.63) is 33.8 Å². The Morgan fingerprint density at radius 2 is 1.90 bits per heavy atom. The van der Waals surface area contributed by atoms with E-state index >= 15 is 0 Å². The third kappa shape index (κ3) is 4.63. The highest BCUT2D eigenvalue weighted by molar-refractivity contribution is 9.10. The van der Waals surface area contributed by atoms with E-state index in [1.54, 1.807) is 0 Å². The zero-order valence-corrected chi connectivity index (χ0v) is 12.2. The number of carbonyl (C=O) groups excluding carboxylic acids is 2. The zero-order chi connectivity index (χ0) is 15.3. The average molecular weight is 353 g/mol. The maximum absolute atomic E-state index is 12.7. The molecule has 20 heavy (non-hydrogen) atoms. The fraction of sp³-hybridized carbons (Fsp3) is 0.385. The van der Waals surface area contributed by atoms with Gasteiger partial charge in [0, 0.05) is 22.9 Å². The predicted octanol–water partition coefficient (Wildman–Crippen LogP) is 3.99. The molecule has 0 radical (unpaired) electrons. The van der Waals surface area contributed by atoms with Crippen LogP contribution in [0.3, 0.4) is 0 Å². The third-order valence-electron chi connectivity index (χ3n) is 2.61. The van der Waals surface area contributed by atoms with Gasteiger partial charge in [-0.2, -0.15) is 13.2 Å². The molecule has 0 fully saturated rings. The highest BCUT2D eigenvalue weighted by atomic mass is 79.9. The Labute approximate surface area is 122 Å². The number of rotatable bonds is 5. The van der Waals surface area contributed by atoms with Gasteiger partial charge in [-0.25, -0.2) is 0 Å². The molecule has 0 spiro atoms. The molecule has 0 bridgehead atoms. The van der Waals surface area contributed by atoms with Gasteiger partial charge in [-0.3, -0.25) is 9.59 Å². The number of hydrogen-bond donors (Lipinski definition) is 0. The van der Waals surface area contributed by atoms with Crippen LogP contribution in [-0.4, -0.2) is 18.9 Å². The van der Waals surface area contributed by atoms with Gasteiger partial charge in [-0.05, 0) is 18.6 Å². The van der Waals surface area contributed by atoms with E-state index in [0.29, 0.717) is 0 Å². The number of Topliss-reactive ketones (excluding diaryl/α,β-unsaturated/α-hetero) is 1. The molecule has 0 atom stereocenters. The van der Waals surface area contributed by atoms with Crippen LogP contribution in [0.1, 0.15) is 35.2 Å². The smallest absolute Gasteiger partial charge is 0.417 e. The van der Waals surface area contributed by atoms with Gasteiger partial charge < -0.3 is 4.74 Å². The minimum Gasteiger partial charge on any atom is -0.469 e. The molecular formula is C13H12BrF3O3. The van der Waals surface area contributed by atoms with Crippen molar-refractivity contribution in [2.45, 2.75) is 25.4 Å². The van der Waals surface area contributed by atoms with Crippen LogP contribution in [-0.2, 0) is 15.7 Å². The number of esters is 1. The summed E-state index contributed by atoms with van der Waals surface area (Å²) in [6.45, 7) is 0. The van der Waals surface area contributed by atoms with Crippen LogP contribution in [0.4, 0.5) is 13.2 Å². The van der Waals surface area contributed by atoms with Crippen LogP contribution in [0.5, 0.6) is 0 Å². The first-order valence-electron chi connectivity index (χ1n) is 5.72. The summed E-state index contributed by atoms with van der Waals surface area (Å²) in [5.74, 6) is -0.892. The molecule has 1 aromatic rings. The Morgan fingerprint density at radius 3 is 2.45 bits per heavy atom. The molecule has 0 aliphatic rings. The van der Waals surface area contributed by atoms with E-state index in [2.05, 4.69) is 20.7 Å². The number of halogens is 4. The predicted molar refractivity (Wildman–Crippen MR) is 69.3 cm³/mol. The molecule has 7 heteroatoms. The molecule has 0 saturated heterocycles. The van der Waals surface area contributed by atoms with Crippen LogP contribution < -0.4 is 0 Å². The molecule has 3 nitrogen and oxygen atoms in total. The topological polar surface area (TPSA) is 43.4 Å². The Bertz CT molecular complexity index is 512. The second kappa shape index (κ2) is 6.88. The average Bonchev–Trinajstić information content (AvgIpc) is 2.37. The summed E-state index contributed by atoms with van der Waals surface area (Å²) in [6, 6.07) is 3.32. The Morgan fingerprint density at radius 1 is 1.25 bits per heavy atom. The molecule has 0 aliphatic heterocycles. The van der Waals surface area contributed by atoms with E-state index < -0.39 is 23.5 Å². The van der Waals surface area contributed by atoms with Crippen LogP contribution in [0, 0.1) is 0 Å². The van der Waals surface area contributed by atoms with Crippen molar-refractivity contribution < 1.29 is 27.5 Å². The van der Waals surface area contributed by atoms with Crippen LogP contribution >= 0.6 is 15.9 Å². The molecule has 0 aromatic heterocycles. The highest BCUT2D eigenvalue weighted by Crippen LogP contribution is 2.35. The standard InChI is InChI=1S/C13H12BrF3O3/c1-20-12(19)4-2-3-11(18)8-5-6-10(14)9(7-8)13(15,16)17/h5-7H,2-4H2,1H3. The SMILES string of the molecule is COC(=O)CCCC(=O)c1ccc(Br)c(C(F)(F)F)c1. The summed E-state index contributed by atoms with van der Waals surface area (Å²) in [7, 11) is 1.23. The van der Waals surface area contributed by atoms with Gasteiger partial charge in [0.2, 0.25) is 0 Å². The van der Waals surface area contributed by atoms with Gasteiger partial charge >= 0.3 is 12.1 Å². The highest BCUT2D eigenvalue weighted by Gasteiger charge is 2.33. The summed E-state index contributed by atoms with van der Waals surface area (Å²) >= 11 is 2.80. The zero-order valence-electron chi connectivity index (χ0n) is 10.6. The van der Waals surface area contributed by atoms with Crippen molar-refractivity contribution in [3.63, 3.8) is 0 Å². The second-order valence-corrected chi connectivity index (χ2v) is 4.90. The number of benzene rings is 1. The summed E-state index contributed by atoms with van der Waals surface area (Å²) in [5.41, 5.74) is -0.915. The first-order valence-corrected chi connectivity index (χ1v) is 6.51. The normalized spacial score (nSPS) is 11.2. The fourth-order valence-electron chi connectivity index (χ4n) is 1.56. The van der Waals surface area contributed by atoms with Gasteiger partial charge in [0.1, 0.15) is 0 Å². The van der Waals surface area contributed by atoms with E-state index in [9.17, 15) is 22.8 Å². The number of carbonyl (C=O) groups is 2. The molecule has 1 aromatic carbocycles. The molecular weight excluding hydrogens is 341 g/mol. The second-order valence-electron chi connectivity index (χ2n) is 4.05. The van der Waals surface area contributed by atoms with Crippen LogP contribution in [0.25, 0.3) is 0 Å². The van der Waals surface area contributed by atoms with E-state index in [-0.39, 0.29) is 29.3 Å². The molecule has 0 aliphatic carbocycles.